The zero-order valence-electron chi connectivity index (χ0n) is 19.4. The lowest BCUT2D eigenvalue weighted by atomic mass is 9.92. The first kappa shape index (κ1) is 23.0. The zero-order valence-corrected chi connectivity index (χ0v) is 19.4. The van der Waals surface area contributed by atoms with Crippen molar-refractivity contribution in [2.24, 2.45) is 0 Å². The van der Waals surface area contributed by atoms with Crippen LogP contribution in [0.5, 0.6) is 11.5 Å². The molecular weight excluding hydrogens is 430 g/mol. The Hall–Kier alpha value is -4.20. The molecule has 0 bridgehead atoms. The Morgan fingerprint density at radius 3 is 2.21 bits per heavy atom. The maximum absolute atomic E-state index is 12.6. The van der Waals surface area contributed by atoms with Gasteiger partial charge in [-0.3, -0.25) is 4.79 Å². The molecule has 0 radical (unpaired) electrons. The highest BCUT2D eigenvalue weighted by Crippen LogP contribution is 2.25. The molecule has 2 heterocycles. The van der Waals surface area contributed by atoms with E-state index in [1.807, 2.05) is 69.3 Å². The van der Waals surface area contributed by atoms with Gasteiger partial charge in [0.2, 0.25) is 0 Å². The number of anilines is 1. The molecule has 2 aromatic carbocycles. The van der Waals surface area contributed by atoms with E-state index in [0.717, 1.165) is 17.0 Å². The van der Waals surface area contributed by atoms with E-state index in [0.29, 0.717) is 24.1 Å². The first-order valence-electron chi connectivity index (χ1n) is 11.0. The summed E-state index contributed by atoms with van der Waals surface area (Å²) < 4.78 is 13.0. The van der Waals surface area contributed by atoms with Crippen LogP contribution >= 0.6 is 0 Å². The van der Waals surface area contributed by atoms with Gasteiger partial charge >= 0.3 is 0 Å². The van der Waals surface area contributed by atoms with Crippen molar-refractivity contribution in [3.05, 3.63) is 90.4 Å². The van der Waals surface area contributed by atoms with Crippen LogP contribution in [0.25, 0.3) is 5.95 Å². The molecule has 2 aromatic heterocycles. The number of ether oxygens (including phenoxy) is 2. The van der Waals surface area contributed by atoms with Crippen LogP contribution in [0.15, 0.2) is 79.1 Å². The fourth-order valence-corrected chi connectivity index (χ4v) is 3.09. The zero-order chi connectivity index (χ0) is 24.0. The third-order valence-corrected chi connectivity index (χ3v) is 4.93. The smallest absolute Gasteiger partial charge is 0.263 e. The predicted octanol–water partition coefficient (Wildman–Crippen LogP) is 4.56. The Morgan fingerprint density at radius 1 is 0.912 bits per heavy atom. The van der Waals surface area contributed by atoms with E-state index in [9.17, 15) is 4.79 Å². The topological polar surface area (TPSA) is 91.2 Å². The van der Waals surface area contributed by atoms with Crippen molar-refractivity contribution >= 4 is 11.7 Å². The Bertz CT molecular complexity index is 1220. The lowest BCUT2D eigenvalue weighted by molar-refractivity contribution is -0.118. The predicted molar refractivity (Wildman–Crippen MR) is 129 cm³/mol. The molecule has 0 fully saturated rings. The Kier molecular flexibility index (Phi) is 6.87. The quantitative estimate of drug-likeness (QED) is 0.417. The van der Waals surface area contributed by atoms with Crippen LogP contribution in [-0.2, 0) is 16.8 Å². The second-order valence-electron chi connectivity index (χ2n) is 8.71. The van der Waals surface area contributed by atoms with E-state index in [1.165, 1.54) is 4.68 Å². The largest absolute Gasteiger partial charge is 0.489 e. The summed E-state index contributed by atoms with van der Waals surface area (Å²) in [5.74, 6) is 1.83. The molecule has 174 valence electrons. The van der Waals surface area contributed by atoms with Crippen LogP contribution in [0.2, 0.25) is 0 Å². The van der Waals surface area contributed by atoms with Crippen LogP contribution in [0, 0.1) is 0 Å². The number of carbonyl (C=O) groups excluding carboxylic acids is 1. The second-order valence-corrected chi connectivity index (χ2v) is 8.71. The Labute approximate surface area is 198 Å². The minimum atomic E-state index is -0.318. The number of hydrogen-bond donors (Lipinski definition) is 1. The molecule has 1 N–H and O–H groups in total. The molecule has 0 saturated carbocycles. The van der Waals surface area contributed by atoms with Crippen molar-refractivity contribution in [2.75, 3.05) is 11.9 Å². The number of benzene rings is 2. The minimum Gasteiger partial charge on any atom is -0.489 e. The van der Waals surface area contributed by atoms with Gasteiger partial charge in [-0.1, -0.05) is 51.1 Å². The van der Waals surface area contributed by atoms with Gasteiger partial charge in [-0.2, -0.15) is 9.78 Å². The number of aromatic nitrogens is 4. The van der Waals surface area contributed by atoms with E-state index >= 15 is 0 Å². The number of carbonyl (C=O) groups is 1. The summed E-state index contributed by atoms with van der Waals surface area (Å²) in [7, 11) is 0. The van der Waals surface area contributed by atoms with Gasteiger partial charge < -0.3 is 14.8 Å². The van der Waals surface area contributed by atoms with Crippen molar-refractivity contribution in [2.45, 2.75) is 32.8 Å². The van der Waals surface area contributed by atoms with E-state index in [4.69, 9.17) is 9.47 Å². The first-order chi connectivity index (χ1) is 16.4. The standard InChI is InChI=1S/C26H27N5O3/c1-26(2,3)22-16-23(31(30-22)25-27-14-7-15-28-25)29-24(32)18-34-21-12-10-20(11-13-21)33-17-19-8-5-4-6-9-19/h4-16H,17-18H2,1-3H3,(H,29,32). The van der Waals surface area contributed by atoms with Crippen LogP contribution < -0.4 is 14.8 Å². The maximum Gasteiger partial charge on any atom is 0.263 e. The molecule has 4 rings (SSSR count). The Morgan fingerprint density at radius 2 is 1.56 bits per heavy atom. The SMILES string of the molecule is CC(C)(C)c1cc(NC(=O)COc2ccc(OCc3ccccc3)cc2)n(-c2ncccn2)n1. The van der Waals surface area contributed by atoms with E-state index in [-0.39, 0.29) is 17.9 Å². The van der Waals surface area contributed by atoms with Gasteiger partial charge in [0.25, 0.3) is 11.9 Å². The normalized spacial score (nSPS) is 11.1. The van der Waals surface area contributed by atoms with Crippen molar-refractivity contribution < 1.29 is 14.3 Å². The highest BCUT2D eigenvalue weighted by atomic mass is 16.5. The summed E-state index contributed by atoms with van der Waals surface area (Å²) in [6, 6.07) is 20.7. The van der Waals surface area contributed by atoms with Gasteiger partial charge in [-0.15, -0.1) is 0 Å². The van der Waals surface area contributed by atoms with E-state index in [1.54, 1.807) is 30.6 Å². The van der Waals surface area contributed by atoms with Gasteiger partial charge in [0.05, 0.1) is 5.69 Å². The molecule has 0 unspecified atom stereocenters. The van der Waals surface area contributed by atoms with Gasteiger partial charge in [0.15, 0.2) is 6.61 Å². The maximum atomic E-state index is 12.6. The van der Waals surface area contributed by atoms with Crippen molar-refractivity contribution in [3.63, 3.8) is 0 Å². The molecule has 34 heavy (non-hydrogen) atoms. The highest BCUT2D eigenvalue weighted by molar-refractivity contribution is 5.91. The first-order valence-corrected chi connectivity index (χ1v) is 11.0. The summed E-state index contributed by atoms with van der Waals surface area (Å²) in [4.78, 5) is 21.1. The molecule has 0 atom stereocenters. The number of hydrogen-bond acceptors (Lipinski definition) is 6. The molecular formula is C26H27N5O3. The molecule has 0 saturated heterocycles. The second kappa shape index (κ2) is 10.2. The lowest BCUT2D eigenvalue weighted by Gasteiger charge is -2.13. The number of nitrogens with one attached hydrogen (secondary N) is 1. The fourth-order valence-electron chi connectivity index (χ4n) is 3.09. The molecule has 4 aromatic rings. The summed E-state index contributed by atoms with van der Waals surface area (Å²) in [5.41, 5.74) is 1.69. The molecule has 0 spiro atoms. The molecule has 8 nitrogen and oxygen atoms in total. The van der Waals surface area contributed by atoms with Gasteiger partial charge in [0.1, 0.15) is 23.9 Å². The van der Waals surface area contributed by atoms with Gasteiger partial charge in [-0.05, 0) is 35.9 Å². The van der Waals surface area contributed by atoms with Crippen LogP contribution in [0.4, 0.5) is 5.82 Å². The van der Waals surface area contributed by atoms with Crippen LogP contribution in [-0.4, -0.2) is 32.3 Å². The molecule has 0 aliphatic heterocycles. The summed E-state index contributed by atoms with van der Waals surface area (Å²) in [5, 5.41) is 7.45. The monoisotopic (exact) mass is 457 g/mol. The molecule has 0 aliphatic rings. The number of nitrogens with zero attached hydrogens (tertiary/aromatic N) is 4. The number of amides is 1. The van der Waals surface area contributed by atoms with Gasteiger partial charge in [-0.25, -0.2) is 9.97 Å². The van der Waals surface area contributed by atoms with Gasteiger partial charge in [0, 0.05) is 23.9 Å². The summed E-state index contributed by atoms with van der Waals surface area (Å²) in [6.07, 6.45) is 3.26. The van der Waals surface area contributed by atoms with E-state index in [2.05, 4.69) is 20.4 Å². The van der Waals surface area contributed by atoms with Crippen molar-refractivity contribution in [1.29, 1.82) is 0 Å². The molecule has 8 heteroatoms. The van der Waals surface area contributed by atoms with Crippen molar-refractivity contribution in [1.82, 2.24) is 19.7 Å². The summed E-state index contributed by atoms with van der Waals surface area (Å²) in [6.45, 7) is 6.48. The average Bonchev–Trinajstić information content (AvgIpc) is 3.28. The van der Waals surface area contributed by atoms with Crippen molar-refractivity contribution in [3.8, 4) is 17.4 Å². The highest BCUT2D eigenvalue weighted by Gasteiger charge is 2.22. The molecule has 0 aliphatic carbocycles. The average molecular weight is 458 g/mol. The van der Waals surface area contributed by atoms with E-state index < -0.39 is 0 Å². The lowest BCUT2D eigenvalue weighted by Crippen LogP contribution is -2.22. The number of rotatable bonds is 8. The summed E-state index contributed by atoms with van der Waals surface area (Å²) >= 11 is 0. The third kappa shape index (κ3) is 5.98. The minimum absolute atomic E-state index is 0.157. The van der Waals surface area contributed by atoms with Crippen LogP contribution in [0.1, 0.15) is 32.0 Å². The Balaban J connectivity index is 1.36. The molecule has 1 amide bonds. The fraction of sp³-hybridized carbons (Fsp3) is 0.231. The van der Waals surface area contributed by atoms with Crippen LogP contribution in [0.3, 0.4) is 0 Å². The third-order valence-electron chi connectivity index (χ3n) is 4.93.